The van der Waals surface area contributed by atoms with E-state index in [0.29, 0.717) is 6.61 Å². The second-order valence-corrected chi connectivity index (χ2v) is 9.92. The standard InChI is InChI=1S/C29H55NO5/c1-3-5-7-9-11-13-15-17-19-21-25-34-27(31)24-23-26(30)29(33)35-28(32)22-20-18-16-14-12-10-8-6-4-2/h26H,3-25,30H2,1-2H3/t26-/m0/s1. The van der Waals surface area contributed by atoms with Crippen molar-refractivity contribution in [3.05, 3.63) is 0 Å². The van der Waals surface area contributed by atoms with Crippen molar-refractivity contribution < 1.29 is 23.9 Å². The van der Waals surface area contributed by atoms with E-state index < -0.39 is 18.0 Å². The van der Waals surface area contributed by atoms with Gasteiger partial charge < -0.3 is 15.2 Å². The number of ether oxygens (including phenoxy) is 2. The summed E-state index contributed by atoms with van der Waals surface area (Å²) in [4.78, 5) is 35.7. The first kappa shape index (κ1) is 33.6. The maximum atomic E-state index is 12.0. The predicted octanol–water partition coefficient (Wildman–Crippen LogP) is 7.55. The molecule has 1 atom stereocenters. The molecule has 0 aromatic heterocycles. The maximum Gasteiger partial charge on any atom is 0.330 e. The Bertz CT molecular complexity index is 523. The topological polar surface area (TPSA) is 95.7 Å². The molecule has 6 heteroatoms. The maximum absolute atomic E-state index is 12.0. The summed E-state index contributed by atoms with van der Waals surface area (Å²) in [6.07, 6.45) is 23.1. The van der Waals surface area contributed by atoms with E-state index in [0.717, 1.165) is 32.1 Å². The lowest BCUT2D eigenvalue weighted by molar-refractivity contribution is -0.160. The zero-order chi connectivity index (χ0) is 26.0. The van der Waals surface area contributed by atoms with Gasteiger partial charge in [-0.1, -0.05) is 123 Å². The fourth-order valence-corrected chi connectivity index (χ4v) is 4.06. The first-order chi connectivity index (χ1) is 17.0. The highest BCUT2D eigenvalue weighted by atomic mass is 16.6. The Morgan fingerprint density at radius 1 is 0.571 bits per heavy atom. The van der Waals surface area contributed by atoms with Gasteiger partial charge >= 0.3 is 17.9 Å². The molecule has 0 spiro atoms. The van der Waals surface area contributed by atoms with Gasteiger partial charge in [0.25, 0.3) is 0 Å². The first-order valence-corrected chi connectivity index (χ1v) is 14.7. The molecule has 2 N–H and O–H groups in total. The lowest BCUT2D eigenvalue weighted by Gasteiger charge is -2.10. The molecule has 206 valence electrons. The minimum absolute atomic E-state index is 0.0560. The molecule has 0 unspecified atom stereocenters. The molecule has 0 rings (SSSR count). The van der Waals surface area contributed by atoms with Crippen LogP contribution in [0, 0.1) is 0 Å². The van der Waals surface area contributed by atoms with E-state index >= 15 is 0 Å². The average Bonchev–Trinajstić information content (AvgIpc) is 2.84. The number of carbonyl (C=O) groups excluding carboxylic acids is 3. The molecule has 0 aliphatic heterocycles. The van der Waals surface area contributed by atoms with Crippen LogP contribution >= 0.6 is 0 Å². The van der Waals surface area contributed by atoms with Crippen molar-refractivity contribution in [2.75, 3.05) is 6.61 Å². The lowest BCUT2D eigenvalue weighted by Crippen LogP contribution is -2.34. The van der Waals surface area contributed by atoms with Gasteiger partial charge in [0.2, 0.25) is 0 Å². The smallest absolute Gasteiger partial charge is 0.330 e. The highest BCUT2D eigenvalue weighted by Crippen LogP contribution is 2.12. The van der Waals surface area contributed by atoms with E-state index in [4.69, 9.17) is 15.2 Å². The molecule has 0 aromatic carbocycles. The minimum atomic E-state index is -0.980. The van der Waals surface area contributed by atoms with Gasteiger partial charge in [0.1, 0.15) is 6.04 Å². The number of esters is 3. The first-order valence-electron chi connectivity index (χ1n) is 14.7. The molecule has 0 radical (unpaired) electrons. The summed E-state index contributed by atoms with van der Waals surface area (Å²) < 4.78 is 10.1. The molecule has 0 aliphatic rings. The van der Waals surface area contributed by atoms with E-state index in [-0.39, 0.29) is 25.2 Å². The summed E-state index contributed by atoms with van der Waals surface area (Å²) in [5.41, 5.74) is 5.78. The van der Waals surface area contributed by atoms with E-state index in [2.05, 4.69) is 13.8 Å². The SMILES string of the molecule is CCCCCCCCCCCCOC(=O)CC[C@H](N)C(=O)OC(=O)CCCCCCCCCCC. The Balaban J connectivity index is 3.60. The van der Waals surface area contributed by atoms with Gasteiger partial charge in [0, 0.05) is 12.8 Å². The van der Waals surface area contributed by atoms with Crippen LogP contribution < -0.4 is 5.73 Å². The zero-order valence-corrected chi connectivity index (χ0v) is 23.0. The van der Waals surface area contributed by atoms with Gasteiger partial charge in [-0.3, -0.25) is 9.59 Å². The van der Waals surface area contributed by atoms with Gasteiger partial charge in [-0.25, -0.2) is 4.79 Å². The number of unbranched alkanes of at least 4 members (excludes halogenated alkanes) is 17. The quantitative estimate of drug-likeness (QED) is 0.0794. The van der Waals surface area contributed by atoms with Crippen molar-refractivity contribution in [2.45, 2.75) is 161 Å². The average molecular weight is 498 g/mol. The van der Waals surface area contributed by atoms with E-state index in [1.165, 1.54) is 89.9 Å². The summed E-state index contributed by atoms with van der Waals surface area (Å²) >= 11 is 0. The van der Waals surface area contributed by atoms with E-state index in [1.54, 1.807) is 0 Å². The largest absolute Gasteiger partial charge is 0.466 e. The lowest BCUT2D eigenvalue weighted by atomic mass is 10.1. The second-order valence-electron chi connectivity index (χ2n) is 9.92. The third-order valence-corrected chi connectivity index (χ3v) is 6.42. The Morgan fingerprint density at radius 3 is 1.49 bits per heavy atom. The number of hydrogen-bond acceptors (Lipinski definition) is 6. The monoisotopic (exact) mass is 497 g/mol. The molecule has 0 heterocycles. The molecular weight excluding hydrogens is 442 g/mol. The molecule has 35 heavy (non-hydrogen) atoms. The summed E-state index contributed by atoms with van der Waals surface area (Å²) in [7, 11) is 0. The van der Waals surface area contributed by atoms with Crippen LogP contribution in [-0.4, -0.2) is 30.6 Å². The molecule has 0 amide bonds. The van der Waals surface area contributed by atoms with Crippen molar-refractivity contribution in [2.24, 2.45) is 5.73 Å². The molecule has 0 aliphatic carbocycles. The third kappa shape index (κ3) is 24.1. The summed E-state index contributed by atoms with van der Waals surface area (Å²) in [5, 5.41) is 0. The van der Waals surface area contributed by atoms with Crippen molar-refractivity contribution in [1.29, 1.82) is 0 Å². The molecule has 6 nitrogen and oxygen atoms in total. The normalized spacial score (nSPS) is 11.9. The van der Waals surface area contributed by atoms with Gasteiger partial charge in [-0.05, 0) is 19.3 Å². The van der Waals surface area contributed by atoms with E-state index in [9.17, 15) is 14.4 Å². The Kier molecular flexibility index (Phi) is 24.6. The van der Waals surface area contributed by atoms with Crippen molar-refractivity contribution in [3.63, 3.8) is 0 Å². The van der Waals surface area contributed by atoms with Crippen LogP contribution in [-0.2, 0) is 23.9 Å². The number of carbonyl (C=O) groups is 3. The molecule has 0 fully saturated rings. The highest BCUT2D eigenvalue weighted by molar-refractivity contribution is 5.88. The zero-order valence-electron chi connectivity index (χ0n) is 23.0. The number of nitrogens with two attached hydrogens (primary N) is 1. The third-order valence-electron chi connectivity index (χ3n) is 6.42. The second kappa shape index (κ2) is 25.7. The van der Waals surface area contributed by atoms with Crippen LogP contribution in [0.5, 0.6) is 0 Å². The summed E-state index contributed by atoms with van der Waals surface area (Å²) in [5.74, 6) is -1.64. The highest BCUT2D eigenvalue weighted by Gasteiger charge is 2.20. The molecule has 0 saturated heterocycles. The van der Waals surface area contributed by atoms with Gasteiger partial charge in [-0.2, -0.15) is 0 Å². The summed E-state index contributed by atoms with van der Waals surface area (Å²) in [6.45, 7) is 4.86. The van der Waals surface area contributed by atoms with Crippen LogP contribution in [0.25, 0.3) is 0 Å². The fourth-order valence-electron chi connectivity index (χ4n) is 4.06. The fraction of sp³-hybridized carbons (Fsp3) is 0.897. The molecule has 0 saturated carbocycles. The van der Waals surface area contributed by atoms with Crippen molar-refractivity contribution >= 4 is 17.9 Å². The Hall–Kier alpha value is -1.43. The number of rotatable bonds is 25. The van der Waals surface area contributed by atoms with Crippen LogP contribution in [0.1, 0.15) is 155 Å². The van der Waals surface area contributed by atoms with Crippen LogP contribution in [0.2, 0.25) is 0 Å². The van der Waals surface area contributed by atoms with Crippen LogP contribution in [0.15, 0.2) is 0 Å². The summed E-state index contributed by atoms with van der Waals surface area (Å²) in [6, 6.07) is -0.980. The van der Waals surface area contributed by atoms with Crippen molar-refractivity contribution in [3.8, 4) is 0 Å². The Labute approximate surface area is 215 Å². The van der Waals surface area contributed by atoms with Gasteiger partial charge in [0.15, 0.2) is 0 Å². The van der Waals surface area contributed by atoms with Crippen molar-refractivity contribution in [1.82, 2.24) is 0 Å². The predicted molar refractivity (Wildman–Crippen MR) is 143 cm³/mol. The molecule has 0 bridgehead atoms. The van der Waals surface area contributed by atoms with Gasteiger partial charge in [0.05, 0.1) is 6.61 Å². The molecule has 0 aromatic rings. The van der Waals surface area contributed by atoms with Crippen LogP contribution in [0.3, 0.4) is 0 Å². The molecular formula is C29H55NO5. The van der Waals surface area contributed by atoms with Gasteiger partial charge in [-0.15, -0.1) is 0 Å². The Morgan fingerprint density at radius 2 is 1.00 bits per heavy atom. The van der Waals surface area contributed by atoms with E-state index in [1.807, 2.05) is 0 Å². The minimum Gasteiger partial charge on any atom is -0.466 e. The van der Waals surface area contributed by atoms with Crippen LogP contribution in [0.4, 0.5) is 0 Å². The number of hydrogen-bond donors (Lipinski definition) is 1.